The molecule has 1 atom stereocenters. The van der Waals surface area contributed by atoms with Gasteiger partial charge >= 0.3 is 0 Å². The average Bonchev–Trinajstić information content (AvgIpc) is 2.71. The van der Waals surface area contributed by atoms with Crippen molar-refractivity contribution in [3.8, 4) is 5.75 Å². The molecule has 0 spiro atoms. The van der Waals surface area contributed by atoms with Crippen LogP contribution in [-0.2, 0) is 0 Å². The van der Waals surface area contributed by atoms with Crippen molar-refractivity contribution in [3.63, 3.8) is 0 Å². The van der Waals surface area contributed by atoms with Crippen molar-refractivity contribution < 1.29 is 13.5 Å². The third kappa shape index (κ3) is 1.95. The zero-order valence-electron chi connectivity index (χ0n) is 8.52. The van der Waals surface area contributed by atoms with Gasteiger partial charge in [0.15, 0.2) is 11.6 Å². The molecule has 2 nitrogen and oxygen atoms in total. The van der Waals surface area contributed by atoms with Crippen LogP contribution in [0.1, 0.15) is 17.9 Å². The van der Waals surface area contributed by atoms with Crippen LogP contribution in [0.2, 0.25) is 0 Å². The Hall–Kier alpha value is -1.16. The number of ether oxygens (including phenoxy) is 1. The van der Waals surface area contributed by atoms with Crippen molar-refractivity contribution in [1.29, 1.82) is 0 Å². The van der Waals surface area contributed by atoms with Crippen LogP contribution in [0.3, 0.4) is 0 Å². The van der Waals surface area contributed by atoms with Gasteiger partial charge in [-0.1, -0.05) is 0 Å². The van der Waals surface area contributed by atoms with Crippen molar-refractivity contribution in [2.75, 3.05) is 20.2 Å². The fourth-order valence-corrected chi connectivity index (χ4v) is 1.93. The fraction of sp³-hybridized carbons (Fsp3) is 0.455. The van der Waals surface area contributed by atoms with E-state index in [4.69, 9.17) is 4.74 Å². The first-order valence-corrected chi connectivity index (χ1v) is 4.96. The van der Waals surface area contributed by atoms with Gasteiger partial charge in [-0.25, -0.2) is 8.78 Å². The van der Waals surface area contributed by atoms with Gasteiger partial charge in [0.05, 0.1) is 7.11 Å². The SMILES string of the molecule is COc1cc(C2CCNC2)c(F)cc1F. The molecule has 1 aliphatic heterocycles. The number of hydrogen-bond acceptors (Lipinski definition) is 2. The Kier molecular flexibility index (Phi) is 2.86. The largest absolute Gasteiger partial charge is 0.494 e. The van der Waals surface area contributed by atoms with Crippen LogP contribution in [0.25, 0.3) is 0 Å². The molecule has 1 saturated heterocycles. The van der Waals surface area contributed by atoms with E-state index in [1.165, 1.54) is 13.2 Å². The second-order valence-corrected chi connectivity index (χ2v) is 3.70. The van der Waals surface area contributed by atoms with E-state index in [1.54, 1.807) is 0 Å². The van der Waals surface area contributed by atoms with Crippen molar-refractivity contribution in [2.45, 2.75) is 12.3 Å². The molecule has 0 aliphatic carbocycles. The molecule has 82 valence electrons. The maximum atomic E-state index is 13.5. The summed E-state index contributed by atoms with van der Waals surface area (Å²) < 4.78 is 31.5. The summed E-state index contributed by atoms with van der Waals surface area (Å²) in [5.41, 5.74) is 0.540. The first-order valence-electron chi connectivity index (χ1n) is 4.96. The van der Waals surface area contributed by atoms with Gasteiger partial charge in [-0.15, -0.1) is 0 Å². The van der Waals surface area contributed by atoms with Gasteiger partial charge < -0.3 is 10.1 Å². The first kappa shape index (κ1) is 10.4. The zero-order chi connectivity index (χ0) is 10.8. The molecule has 2 rings (SSSR count). The van der Waals surface area contributed by atoms with E-state index in [0.29, 0.717) is 5.56 Å². The van der Waals surface area contributed by atoms with E-state index in [9.17, 15) is 8.78 Å². The third-order valence-electron chi connectivity index (χ3n) is 2.77. The van der Waals surface area contributed by atoms with Crippen molar-refractivity contribution in [2.24, 2.45) is 0 Å². The second kappa shape index (κ2) is 4.14. The van der Waals surface area contributed by atoms with E-state index >= 15 is 0 Å². The second-order valence-electron chi connectivity index (χ2n) is 3.70. The van der Waals surface area contributed by atoms with Crippen LogP contribution < -0.4 is 10.1 Å². The zero-order valence-corrected chi connectivity index (χ0v) is 8.52. The third-order valence-corrected chi connectivity index (χ3v) is 2.77. The van der Waals surface area contributed by atoms with Gasteiger partial charge in [0.1, 0.15) is 5.82 Å². The maximum absolute atomic E-state index is 13.5. The normalized spacial score (nSPS) is 20.6. The van der Waals surface area contributed by atoms with Crippen molar-refractivity contribution in [1.82, 2.24) is 5.32 Å². The molecular formula is C11H13F2NO. The standard InChI is InChI=1S/C11H13F2NO/c1-15-11-4-8(7-2-3-14-6-7)9(12)5-10(11)13/h4-5,7,14H,2-3,6H2,1H3. The lowest BCUT2D eigenvalue weighted by molar-refractivity contribution is 0.382. The number of hydrogen-bond donors (Lipinski definition) is 1. The molecule has 0 aromatic heterocycles. The summed E-state index contributed by atoms with van der Waals surface area (Å²) in [6.45, 7) is 1.62. The van der Waals surface area contributed by atoms with Gasteiger partial charge in [-0.2, -0.15) is 0 Å². The fourth-order valence-electron chi connectivity index (χ4n) is 1.93. The lowest BCUT2D eigenvalue weighted by atomic mass is 9.97. The van der Waals surface area contributed by atoms with Crippen LogP contribution in [0.4, 0.5) is 8.78 Å². The highest BCUT2D eigenvalue weighted by Gasteiger charge is 2.22. The number of benzene rings is 1. The summed E-state index contributed by atoms with van der Waals surface area (Å²) >= 11 is 0. The molecule has 1 aromatic rings. The molecule has 1 unspecified atom stereocenters. The summed E-state index contributed by atoms with van der Waals surface area (Å²) in [5.74, 6) is -0.899. The molecule has 1 fully saturated rings. The molecule has 1 heterocycles. The number of methoxy groups -OCH3 is 1. The van der Waals surface area contributed by atoms with Crippen LogP contribution >= 0.6 is 0 Å². The van der Waals surface area contributed by atoms with E-state index in [0.717, 1.165) is 25.6 Å². The minimum atomic E-state index is -0.648. The van der Waals surface area contributed by atoms with E-state index in [2.05, 4.69) is 5.32 Å². The maximum Gasteiger partial charge on any atom is 0.167 e. The molecule has 15 heavy (non-hydrogen) atoms. The van der Waals surface area contributed by atoms with Crippen LogP contribution in [0, 0.1) is 11.6 Å². The van der Waals surface area contributed by atoms with E-state index in [-0.39, 0.29) is 11.7 Å². The highest BCUT2D eigenvalue weighted by atomic mass is 19.1. The van der Waals surface area contributed by atoms with Crippen LogP contribution in [0.5, 0.6) is 5.75 Å². The van der Waals surface area contributed by atoms with E-state index in [1.807, 2.05) is 0 Å². The monoisotopic (exact) mass is 213 g/mol. The Bertz CT molecular complexity index is 362. The lowest BCUT2D eigenvalue weighted by Crippen LogP contribution is -2.09. The molecule has 1 aromatic carbocycles. The Labute approximate surface area is 87.2 Å². The molecule has 0 bridgehead atoms. The highest BCUT2D eigenvalue weighted by Crippen LogP contribution is 2.29. The highest BCUT2D eigenvalue weighted by molar-refractivity contribution is 5.34. The molecule has 1 N–H and O–H groups in total. The topological polar surface area (TPSA) is 21.3 Å². The minimum absolute atomic E-state index is 0.110. The Morgan fingerprint density at radius 1 is 1.33 bits per heavy atom. The quantitative estimate of drug-likeness (QED) is 0.811. The lowest BCUT2D eigenvalue weighted by Gasteiger charge is -2.12. The van der Waals surface area contributed by atoms with Crippen LogP contribution in [0.15, 0.2) is 12.1 Å². The number of rotatable bonds is 2. The molecule has 1 aliphatic rings. The predicted molar refractivity (Wildman–Crippen MR) is 53.1 cm³/mol. The van der Waals surface area contributed by atoms with Gasteiger partial charge in [0, 0.05) is 18.5 Å². The smallest absolute Gasteiger partial charge is 0.167 e. The Morgan fingerprint density at radius 3 is 2.73 bits per heavy atom. The molecule has 0 amide bonds. The van der Waals surface area contributed by atoms with Crippen molar-refractivity contribution in [3.05, 3.63) is 29.3 Å². The van der Waals surface area contributed by atoms with E-state index < -0.39 is 11.6 Å². The van der Waals surface area contributed by atoms with Gasteiger partial charge in [0.2, 0.25) is 0 Å². The molecule has 0 radical (unpaired) electrons. The summed E-state index contributed by atoms with van der Waals surface area (Å²) in [5, 5.41) is 3.15. The average molecular weight is 213 g/mol. The van der Waals surface area contributed by atoms with Gasteiger partial charge in [-0.3, -0.25) is 0 Å². The Morgan fingerprint density at radius 2 is 2.13 bits per heavy atom. The summed E-state index contributed by atoms with van der Waals surface area (Å²) in [7, 11) is 1.38. The molecule has 4 heteroatoms. The predicted octanol–water partition coefficient (Wildman–Crippen LogP) is 2.05. The Balaban J connectivity index is 2.37. The number of halogens is 2. The summed E-state index contributed by atoms with van der Waals surface area (Å²) in [6, 6.07) is 2.36. The number of nitrogens with one attached hydrogen (secondary N) is 1. The van der Waals surface area contributed by atoms with Crippen LogP contribution in [-0.4, -0.2) is 20.2 Å². The van der Waals surface area contributed by atoms with Crippen molar-refractivity contribution >= 4 is 0 Å². The van der Waals surface area contributed by atoms with Gasteiger partial charge in [-0.05, 0) is 24.6 Å². The molecule has 0 saturated carbocycles. The first-order chi connectivity index (χ1) is 7.22. The minimum Gasteiger partial charge on any atom is -0.494 e. The summed E-state index contributed by atoms with van der Waals surface area (Å²) in [6.07, 6.45) is 0.881. The van der Waals surface area contributed by atoms with Gasteiger partial charge in [0.25, 0.3) is 0 Å². The summed E-state index contributed by atoms with van der Waals surface area (Å²) in [4.78, 5) is 0. The molecular weight excluding hydrogens is 200 g/mol.